The van der Waals surface area contributed by atoms with Crippen molar-refractivity contribution in [3.63, 3.8) is 0 Å². The highest BCUT2D eigenvalue weighted by molar-refractivity contribution is 6.51. The molecule has 6 rings (SSSR count). The Morgan fingerprint density at radius 1 is 0.757 bits per heavy atom. The van der Waals surface area contributed by atoms with Crippen LogP contribution in [-0.4, -0.2) is 16.8 Å². The molecule has 0 spiro atoms. The maximum Gasteiger partial charge on any atom is 0.300 e. The van der Waals surface area contributed by atoms with Crippen LogP contribution in [0.2, 0.25) is 0 Å². The molecule has 2 heterocycles. The van der Waals surface area contributed by atoms with Gasteiger partial charge in [-0.3, -0.25) is 14.5 Å². The number of furan rings is 1. The van der Waals surface area contributed by atoms with Gasteiger partial charge in [-0.05, 0) is 65.4 Å². The number of carbonyl (C=O) groups excluding carboxylic acids is 2. The first-order valence-corrected chi connectivity index (χ1v) is 11.8. The van der Waals surface area contributed by atoms with Gasteiger partial charge in [-0.25, -0.2) is 0 Å². The van der Waals surface area contributed by atoms with Crippen LogP contribution in [0.4, 0.5) is 5.69 Å². The van der Waals surface area contributed by atoms with E-state index in [2.05, 4.69) is 0 Å². The molecule has 4 aromatic carbocycles. The Morgan fingerprint density at radius 3 is 2.19 bits per heavy atom. The molecular weight excluding hydrogens is 466 g/mol. The van der Waals surface area contributed by atoms with Gasteiger partial charge in [0.1, 0.15) is 29.1 Å². The molecule has 6 heteroatoms. The van der Waals surface area contributed by atoms with E-state index in [0.29, 0.717) is 28.5 Å². The number of benzene rings is 4. The van der Waals surface area contributed by atoms with Crippen LogP contribution in [-0.2, 0) is 9.59 Å². The highest BCUT2D eigenvalue weighted by atomic mass is 16.5. The van der Waals surface area contributed by atoms with Crippen LogP contribution >= 0.6 is 0 Å². The molecule has 0 bridgehead atoms. The number of hydrogen-bond donors (Lipinski definition) is 1. The third-order valence-electron chi connectivity index (χ3n) is 6.37. The fraction of sp³-hybridized carbons (Fsp3) is 0.0323. The van der Waals surface area contributed by atoms with Crippen molar-refractivity contribution in [1.29, 1.82) is 0 Å². The molecule has 6 nitrogen and oxygen atoms in total. The summed E-state index contributed by atoms with van der Waals surface area (Å²) in [7, 11) is 0. The fourth-order valence-electron chi connectivity index (χ4n) is 4.61. The zero-order chi connectivity index (χ0) is 25.4. The lowest BCUT2D eigenvalue weighted by Gasteiger charge is -2.23. The second-order valence-corrected chi connectivity index (χ2v) is 8.66. The van der Waals surface area contributed by atoms with Crippen LogP contribution in [0.15, 0.2) is 125 Å². The topological polar surface area (TPSA) is 80.0 Å². The van der Waals surface area contributed by atoms with Crippen molar-refractivity contribution < 1.29 is 23.8 Å². The lowest BCUT2D eigenvalue weighted by atomic mass is 9.97. The number of hydrogen-bond acceptors (Lipinski definition) is 5. The van der Waals surface area contributed by atoms with Crippen LogP contribution in [0.25, 0.3) is 16.5 Å². The van der Waals surface area contributed by atoms with Gasteiger partial charge in [0.2, 0.25) is 0 Å². The minimum Gasteiger partial charge on any atom is -0.507 e. The molecule has 1 amide bonds. The summed E-state index contributed by atoms with van der Waals surface area (Å²) in [6.07, 6.45) is 1.47. The molecule has 1 N–H and O–H groups in total. The molecule has 0 radical (unpaired) electrons. The lowest BCUT2D eigenvalue weighted by Crippen LogP contribution is -2.29. The normalized spacial score (nSPS) is 16.9. The third kappa shape index (κ3) is 4.04. The van der Waals surface area contributed by atoms with Crippen molar-refractivity contribution in [3.05, 3.63) is 132 Å². The first-order chi connectivity index (χ1) is 18.1. The molecule has 0 aliphatic carbocycles. The zero-order valence-corrected chi connectivity index (χ0v) is 19.6. The highest BCUT2D eigenvalue weighted by Crippen LogP contribution is 2.43. The minimum absolute atomic E-state index is 0.0279. The van der Waals surface area contributed by atoms with Gasteiger partial charge < -0.3 is 14.3 Å². The van der Waals surface area contributed by atoms with Crippen molar-refractivity contribution >= 4 is 33.9 Å². The predicted molar refractivity (Wildman–Crippen MR) is 140 cm³/mol. The van der Waals surface area contributed by atoms with Crippen LogP contribution in [0.1, 0.15) is 17.4 Å². The predicted octanol–water partition coefficient (Wildman–Crippen LogP) is 6.85. The SMILES string of the molecule is O=C1C(=O)N(c2ccc(Oc3ccccc3)cc2)C(c2ccco2)/C1=C(/O)c1ccc2ccccc2c1. The number of Topliss-reactive ketones (excluding diaryl/α,β-unsaturated/α-hetero) is 1. The second kappa shape index (κ2) is 9.17. The van der Waals surface area contributed by atoms with E-state index >= 15 is 0 Å². The van der Waals surface area contributed by atoms with Gasteiger partial charge in [-0.15, -0.1) is 0 Å². The van der Waals surface area contributed by atoms with E-state index in [0.717, 1.165) is 10.8 Å². The maximum atomic E-state index is 13.3. The Hall–Kier alpha value is -5.10. The molecule has 1 aliphatic rings. The van der Waals surface area contributed by atoms with Crippen molar-refractivity contribution in [2.45, 2.75) is 6.04 Å². The molecule has 180 valence electrons. The number of ketones is 1. The molecular formula is C31H21NO5. The van der Waals surface area contributed by atoms with E-state index in [-0.39, 0.29) is 11.3 Å². The summed E-state index contributed by atoms with van der Waals surface area (Å²) in [4.78, 5) is 28.0. The van der Waals surface area contributed by atoms with Gasteiger partial charge in [0.15, 0.2) is 0 Å². The van der Waals surface area contributed by atoms with Gasteiger partial charge in [-0.2, -0.15) is 0 Å². The number of anilines is 1. The molecule has 5 aromatic rings. The molecule has 1 unspecified atom stereocenters. The smallest absolute Gasteiger partial charge is 0.300 e. The summed E-state index contributed by atoms with van der Waals surface area (Å²) in [5, 5.41) is 13.2. The number of para-hydroxylation sites is 1. The summed E-state index contributed by atoms with van der Waals surface area (Å²) >= 11 is 0. The zero-order valence-electron chi connectivity index (χ0n) is 19.6. The van der Waals surface area contributed by atoms with Gasteiger partial charge in [0.25, 0.3) is 11.7 Å². The van der Waals surface area contributed by atoms with Gasteiger partial charge in [0, 0.05) is 11.3 Å². The van der Waals surface area contributed by atoms with E-state index in [1.165, 1.54) is 11.2 Å². The first-order valence-electron chi connectivity index (χ1n) is 11.8. The number of rotatable bonds is 5. The Bertz CT molecular complexity index is 1640. The van der Waals surface area contributed by atoms with Crippen LogP contribution in [0.3, 0.4) is 0 Å². The Morgan fingerprint density at radius 2 is 1.46 bits per heavy atom. The summed E-state index contributed by atoms with van der Waals surface area (Å²) < 4.78 is 11.5. The standard InChI is InChI=1S/C31H21NO5/c33-29(22-13-12-20-7-4-5-8-21(20)19-22)27-28(26-11-6-18-36-26)32(31(35)30(27)34)23-14-16-25(17-15-23)37-24-9-2-1-3-10-24/h1-19,28,33H/b29-27-. The maximum absolute atomic E-state index is 13.3. The summed E-state index contributed by atoms with van der Waals surface area (Å²) in [5.74, 6) is -0.153. The molecule has 1 atom stereocenters. The Kier molecular flexibility index (Phi) is 5.54. The van der Waals surface area contributed by atoms with E-state index in [1.807, 2.05) is 60.7 Å². The molecule has 1 saturated heterocycles. The van der Waals surface area contributed by atoms with Gasteiger partial charge >= 0.3 is 0 Å². The Balaban J connectivity index is 1.42. The lowest BCUT2D eigenvalue weighted by molar-refractivity contribution is -0.132. The number of amides is 1. The van der Waals surface area contributed by atoms with Crippen LogP contribution in [0.5, 0.6) is 11.5 Å². The molecule has 37 heavy (non-hydrogen) atoms. The van der Waals surface area contributed by atoms with E-state index in [4.69, 9.17) is 9.15 Å². The van der Waals surface area contributed by atoms with Crippen molar-refractivity contribution in [3.8, 4) is 11.5 Å². The second-order valence-electron chi connectivity index (χ2n) is 8.66. The van der Waals surface area contributed by atoms with Crippen molar-refractivity contribution in [2.24, 2.45) is 0 Å². The van der Waals surface area contributed by atoms with Crippen molar-refractivity contribution in [2.75, 3.05) is 4.90 Å². The van der Waals surface area contributed by atoms with Gasteiger partial charge in [-0.1, -0.05) is 54.6 Å². The number of aliphatic hydroxyl groups is 1. The molecule has 1 aromatic heterocycles. The average molecular weight is 488 g/mol. The van der Waals surface area contributed by atoms with E-state index < -0.39 is 17.7 Å². The third-order valence-corrected chi connectivity index (χ3v) is 6.37. The van der Waals surface area contributed by atoms with E-state index in [9.17, 15) is 14.7 Å². The average Bonchev–Trinajstić information content (AvgIpc) is 3.56. The number of ether oxygens (including phenoxy) is 1. The molecule has 1 aliphatic heterocycles. The highest BCUT2D eigenvalue weighted by Gasteiger charge is 2.48. The summed E-state index contributed by atoms with van der Waals surface area (Å²) in [6, 6.07) is 31.8. The molecule has 1 fully saturated rings. The van der Waals surface area contributed by atoms with Crippen LogP contribution < -0.4 is 9.64 Å². The van der Waals surface area contributed by atoms with Gasteiger partial charge in [0.05, 0.1) is 11.8 Å². The fourth-order valence-corrected chi connectivity index (χ4v) is 4.61. The van der Waals surface area contributed by atoms with Crippen LogP contribution in [0, 0.1) is 0 Å². The first kappa shape index (κ1) is 22.4. The number of aliphatic hydroxyl groups excluding tert-OH is 1. The monoisotopic (exact) mass is 487 g/mol. The minimum atomic E-state index is -0.928. The molecule has 0 saturated carbocycles. The summed E-state index contributed by atoms with van der Waals surface area (Å²) in [5.41, 5.74) is 0.890. The van der Waals surface area contributed by atoms with Crippen molar-refractivity contribution in [1.82, 2.24) is 0 Å². The number of fused-ring (bicyclic) bond motifs is 1. The summed E-state index contributed by atoms with van der Waals surface area (Å²) in [6.45, 7) is 0. The van der Waals surface area contributed by atoms with E-state index in [1.54, 1.807) is 48.5 Å². The number of carbonyl (C=O) groups is 2. The Labute approximate surface area is 212 Å². The quantitative estimate of drug-likeness (QED) is 0.167. The largest absolute Gasteiger partial charge is 0.507 e. The number of nitrogens with zero attached hydrogens (tertiary/aromatic N) is 1.